The lowest BCUT2D eigenvalue weighted by molar-refractivity contribution is 0.223. The third-order valence-electron chi connectivity index (χ3n) is 3.02. The van der Waals surface area contributed by atoms with E-state index in [0.717, 1.165) is 16.9 Å². The molecule has 104 valence electrons. The zero-order valence-electron chi connectivity index (χ0n) is 11.6. The molecule has 1 N–H and O–H groups in total. The number of rotatable bonds is 5. The highest BCUT2D eigenvalue weighted by Gasteiger charge is 2.09. The fraction of sp³-hybridized carbons (Fsp3) is 0.176. The van der Waals surface area contributed by atoms with Crippen LogP contribution in [-0.2, 0) is 0 Å². The lowest BCUT2D eigenvalue weighted by Gasteiger charge is -2.11. The van der Waals surface area contributed by atoms with Crippen molar-refractivity contribution in [2.75, 3.05) is 14.2 Å². The minimum Gasteiger partial charge on any atom is -0.497 e. The van der Waals surface area contributed by atoms with Crippen molar-refractivity contribution < 1.29 is 14.6 Å². The molecule has 0 heterocycles. The number of hydrogen-bond donors (Lipinski definition) is 1. The maximum Gasteiger partial charge on any atom is 0.124 e. The summed E-state index contributed by atoms with van der Waals surface area (Å²) in [7, 11) is 3.23. The van der Waals surface area contributed by atoms with Crippen molar-refractivity contribution in [1.82, 2.24) is 0 Å². The second-order valence-corrected chi connectivity index (χ2v) is 4.32. The van der Waals surface area contributed by atoms with E-state index < -0.39 is 6.10 Å². The molecule has 2 aromatic rings. The summed E-state index contributed by atoms with van der Waals surface area (Å²) in [4.78, 5) is 0. The zero-order valence-corrected chi connectivity index (χ0v) is 11.6. The van der Waals surface area contributed by atoms with Crippen molar-refractivity contribution in [2.45, 2.75) is 6.10 Å². The Kier molecular flexibility index (Phi) is 4.80. The summed E-state index contributed by atoms with van der Waals surface area (Å²) in [5.74, 6) is 1.47. The molecule has 20 heavy (non-hydrogen) atoms. The van der Waals surface area contributed by atoms with Gasteiger partial charge in [0.15, 0.2) is 0 Å². The minimum absolute atomic E-state index is 0.676. The molecule has 0 spiro atoms. The van der Waals surface area contributed by atoms with Gasteiger partial charge in [0, 0.05) is 5.56 Å². The highest BCUT2D eigenvalue weighted by molar-refractivity contribution is 5.53. The summed E-state index contributed by atoms with van der Waals surface area (Å²) in [6.07, 6.45) is 2.88. The SMILES string of the molecule is COc1cccc(/C=C/C(O)c2ccccc2OC)c1. The van der Waals surface area contributed by atoms with Gasteiger partial charge in [0.25, 0.3) is 0 Å². The Morgan fingerprint density at radius 2 is 1.80 bits per heavy atom. The van der Waals surface area contributed by atoms with E-state index in [1.807, 2.05) is 54.6 Å². The van der Waals surface area contributed by atoms with Gasteiger partial charge < -0.3 is 14.6 Å². The molecule has 0 fully saturated rings. The highest BCUT2D eigenvalue weighted by Crippen LogP contribution is 2.26. The predicted octanol–water partition coefficient (Wildman–Crippen LogP) is 3.45. The average molecular weight is 270 g/mol. The van der Waals surface area contributed by atoms with Crippen LogP contribution < -0.4 is 9.47 Å². The first kappa shape index (κ1) is 14.2. The smallest absolute Gasteiger partial charge is 0.124 e. The van der Waals surface area contributed by atoms with Crippen molar-refractivity contribution in [3.63, 3.8) is 0 Å². The van der Waals surface area contributed by atoms with Crippen LogP contribution >= 0.6 is 0 Å². The second kappa shape index (κ2) is 6.78. The molecule has 0 aliphatic carbocycles. The van der Waals surface area contributed by atoms with Crippen molar-refractivity contribution >= 4 is 6.08 Å². The van der Waals surface area contributed by atoms with E-state index >= 15 is 0 Å². The molecule has 2 rings (SSSR count). The van der Waals surface area contributed by atoms with Gasteiger partial charge in [-0.1, -0.05) is 42.5 Å². The van der Waals surface area contributed by atoms with Crippen LogP contribution in [0.25, 0.3) is 6.08 Å². The van der Waals surface area contributed by atoms with Gasteiger partial charge in [-0.2, -0.15) is 0 Å². The topological polar surface area (TPSA) is 38.7 Å². The molecule has 0 radical (unpaired) electrons. The van der Waals surface area contributed by atoms with Crippen LogP contribution in [0.5, 0.6) is 11.5 Å². The first-order chi connectivity index (χ1) is 9.74. The van der Waals surface area contributed by atoms with Crippen LogP contribution in [0, 0.1) is 0 Å². The molecule has 3 heteroatoms. The van der Waals surface area contributed by atoms with Crippen LogP contribution in [0.15, 0.2) is 54.6 Å². The largest absolute Gasteiger partial charge is 0.497 e. The summed E-state index contributed by atoms with van der Waals surface area (Å²) in [6, 6.07) is 15.1. The molecular weight excluding hydrogens is 252 g/mol. The number of para-hydroxylation sites is 1. The van der Waals surface area contributed by atoms with Crippen LogP contribution in [0.3, 0.4) is 0 Å². The third kappa shape index (κ3) is 3.39. The molecule has 0 aromatic heterocycles. The molecule has 1 unspecified atom stereocenters. The fourth-order valence-electron chi connectivity index (χ4n) is 1.96. The molecule has 1 atom stereocenters. The molecule has 0 saturated heterocycles. The van der Waals surface area contributed by atoms with Gasteiger partial charge in [-0.05, 0) is 23.8 Å². The Labute approximate surface area is 119 Å². The molecule has 0 bridgehead atoms. The summed E-state index contributed by atoms with van der Waals surface area (Å²) in [6.45, 7) is 0. The summed E-state index contributed by atoms with van der Waals surface area (Å²) in [5.41, 5.74) is 1.72. The van der Waals surface area contributed by atoms with Crippen LogP contribution in [0.2, 0.25) is 0 Å². The lowest BCUT2D eigenvalue weighted by atomic mass is 10.1. The van der Waals surface area contributed by atoms with E-state index in [2.05, 4.69) is 0 Å². The molecule has 2 aromatic carbocycles. The molecular formula is C17H18O3. The molecule has 3 nitrogen and oxygen atoms in total. The van der Waals surface area contributed by atoms with Crippen molar-refractivity contribution in [1.29, 1.82) is 0 Å². The standard InChI is InChI=1S/C17H18O3/c1-19-14-7-5-6-13(12-14)10-11-16(18)15-8-3-4-9-17(15)20-2/h3-12,16,18H,1-2H3/b11-10+. The monoisotopic (exact) mass is 270 g/mol. The number of aliphatic hydroxyl groups excluding tert-OH is 1. The minimum atomic E-state index is -0.711. The molecule has 0 amide bonds. The number of benzene rings is 2. The first-order valence-electron chi connectivity index (χ1n) is 6.38. The Bertz CT molecular complexity index is 590. The molecule has 0 aliphatic heterocycles. The van der Waals surface area contributed by atoms with Gasteiger partial charge in [0.2, 0.25) is 0 Å². The fourth-order valence-corrected chi connectivity index (χ4v) is 1.96. The van der Waals surface area contributed by atoms with Gasteiger partial charge in [0.05, 0.1) is 14.2 Å². The number of methoxy groups -OCH3 is 2. The first-order valence-corrected chi connectivity index (χ1v) is 6.38. The average Bonchev–Trinajstić information content (AvgIpc) is 2.52. The lowest BCUT2D eigenvalue weighted by Crippen LogP contribution is -1.97. The van der Waals surface area contributed by atoms with Crippen LogP contribution in [0.1, 0.15) is 17.2 Å². The van der Waals surface area contributed by atoms with Crippen molar-refractivity contribution in [3.05, 3.63) is 65.7 Å². The molecule has 0 aliphatic rings. The predicted molar refractivity (Wildman–Crippen MR) is 80.0 cm³/mol. The van der Waals surface area contributed by atoms with Gasteiger partial charge in [0.1, 0.15) is 17.6 Å². The van der Waals surface area contributed by atoms with Gasteiger partial charge >= 0.3 is 0 Å². The maximum atomic E-state index is 10.2. The van der Waals surface area contributed by atoms with E-state index in [1.54, 1.807) is 20.3 Å². The Balaban J connectivity index is 2.17. The van der Waals surface area contributed by atoms with E-state index in [-0.39, 0.29) is 0 Å². The van der Waals surface area contributed by atoms with Gasteiger partial charge in [-0.25, -0.2) is 0 Å². The van der Waals surface area contributed by atoms with E-state index in [9.17, 15) is 5.11 Å². The van der Waals surface area contributed by atoms with E-state index in [4.69, 9.17) is 9.47 Å². The highest BCUT2D eigenvalue weighted by atomic mass is 16.5. The van der Waals surface area contributed by atoms with Crippen molar-refractivity contribution in [2.24, 2.45) is 0 Å². The summed E-state index contributed by atoms with van der Waals surface area (Å²) in [5, 5.41) is 10.2. The summed E-state index contributed by atoms with van der Waals surface area (Å²) < 4.78 is 10.4. The quantitative estimate of drug-likeness (QED) is 0.904. The Hall–Kier alpha value is -2.26. The third-order valence-corrected chi connectivity index (χ3v) is 3.02. The van der Waals surface area contributed by atoms with Crippen molar-refractivity contribution in [3.8, 4) is 11.5 Å². The summed E-state index contributed by atoms with van der Waals surface area (Å²) >= 11 is 0. The van der Waals surface area contributed by atoms with Crippen LogP contribution in [0.4, 0.5) is 0 Å². The van der Waals surface area contributed by atoms with Gasteiger partial charge in [-0.15, -0.1) is 0 Å². The number of aliphatic hydroxyl groups is 1. The molecule has 0 saturated carbocycles. The Morgan fingerprint density at radius 3 is 2.55 bits per heavy atom. The van der Waals surface area contributed by atoms with Gasteiger partial charge in [-0.3, -0.25) is 0 Å². The van der Waals surface area contributed by atoms with E-state index in [0.29, 0.717) is 5.75 Å². The Morgan fingerprint density at radius 1 is 1.00 bits per heavy atom. The number of ether oxygens (including phenoxy) is 2. The van der Waals surface area contributed by atoms with E-state index in [1.165, 1.54) is 0 Å². The second-order valence-electron chi connectivity index (χ2n) is 4.32. The zero-order chi connectivity index (χ0) is 14.4. The van der Waals surface area contributed by atoms with Crippen LogP contribution in [-0.4, -0.2) is 19.3 Å². The maximum absolute atomic E-state index is 10.2. The number of hydrogen-bond acceptors (Lipinski definition) is 3. The normalized spacial score (nSPS) is 12.3.